The zero-order valence-electron chi connectivity index (χ0n) is 13.5. The van der Waals surface area contributed by atoms with E-state index in [9.17, 15) is 5.26 Å². The molecule has 0 saturated heterocycles. The number of ether oxygens (including phenoxy) is 1. The van der Waals surface area contributed by atoms with Crippen LogP contribution in [0.3, 0.4) is 0 Å². The van der Waals surface area contributed by atoms with Crippen molar-refractivity contribution in [2.24, 2.45) is 0 Å². The van der Waals surface area contributed by atoms with Crippen LogP contribution in [0.2, 0.25) is 5.02 Å². The van der Waals surface area contributed by atoms with Crippen LogP contribution in [0.25, 0.3) is 11.6 Å². The second-order valence-corrected chi connectivity index (χ2v) is 5.93. The first-order valence-corrected chi connectivity index (χ1v) is 8.27. The highest BCUT2D eigenvalue weighted by atomic mass is 35.5. The average molecular weight is 346 g/mol. The number of halogens is 1. The van der Waals surface area contributed by atoms with E-state index in [4.69, 9.17) is 16.3 Å². The van der Waals surface area contributed by atoms with E-state index < -0.39 is 0 Å². The minimum Gasteiger partial charge on any atom is -0.488 e. The van der Waals surface area contributed by atoms with E-state index in [0.717, 1.165) is 22.4 Å². The van der Waals surface area contributed by atoms with Gasteiger partial charge in [-0.05, 0) is 35.4 Å². The second-order valence-electron chi connectivity index (χ2n) is 5.49. The van der Waals surface area contributed by atoms with Gasteiger partial charge in [-0.2, -0.15) is 5.26 Å². The summed E-state index contributed by atoms with van der Waals surface area (Å²) < 4.78 is 5.95. The molecular formula is C22H16ClNO. The quantitative estimate of drug-likeness (QED) is 0.420. The molecule has 0 atom stereocenters. The van der Waals surface area contributed by atoms with Gasteiger partial charge in [0.1, 0.15) is 12.4 Å². The Labute approximate surface area is 152 Å². The Morgan fingerprint density at radius 2 is 1.60 bits per heavy atom. The number of para-hydroxylation sites is 1. The van der Waals surface area contributed by atoms with Crippen LogP contribution in [-0.2, 0) is 6.61 Å². The highest BCUT2D eigenvalue weighted by Gasteiger charge is 2.05. The summed E-state index contributed by atoms with van der Waals surface area (Å²) in [5, 5.41) is 10.2. The van der Waals surface area contributed by atoms with E-state index in [1.807, 2.05) is 84.9 Å². The Kier molecular flexibility index (Phi) is 5.51. The minimum atomic E-state index is 0.440. The average Bonchev–Trinajstić information content (AvgIpc) is 2.67. The van der Waals surface area contributed by atoms with Gasteiger partial charge in [-0.1, -0.05) is 72.3 Å². The molecule has 0 radical (unpaired) electrons. The molecule has 3 rings (SSSR count). The molecule has 0 aliphatic carbocycles. The largest absolute Gasteiger partial charge is 0.488 e. The Morgan fingerprint density at radius 3 is 2.32 bits per heavy atom. The summed E-state index contributed by atoms with van der Waals surface area (Å²) in [6, 6.07) is 27.1. The lowest BCUT2D eigenvalue weighted by molar-refractivity contribution is 0.305. The van der Waals surface area contributed by atoms with Crippen molar-refractivity contribution in [3.63, 3.8) is 0 Å². The zero-order valence-corrected chi connectivity index (χ0v) is 14.3. The molecule has 3 aromatic rings. The summed E-state index contributed by atoms with van der Waals surface area (Å²) >= 11 is 5.91. The van der Waals surface area contributed by atoms with Crippen LogP contribution >= 0.6 is 11.6 Å². The molecular weight excluding hydrogens is 330 g/mol. The molecule has 0 aliphatic heterocycles. The molecule has 0 amide bonds. The summed E-state index contributed by atoms with van der Waals surface area (Å²) in [7, 11) is 0. The Bertz CT molecular complexity index is 909. The van der Waals surface area contributed by atoms with Gasteiger partial charge in [0.25, 0.3) is 0 Å². The molecule has 0 fully saturated rings. The van der Waals surface area contributed by atoms with Gasteiger partial charge in [0.05, 0.1) is 11.6 Å². The van der Waals surface area contributed by atoms with Crippen LogP contribution in [-0.4, -0.2) is 0 Å². The molecule has 0 unspecified atom stereocenters. The van der Waals surface area contributed by atoms with E-state index in [1.165, 1.54) is 0 Å². The fraction of sp³-hybridized carbons (Fsp3) is 0.0455. The molecule has 0 heterocycles. The van der Waals surface area contributed by atoms with Gasteiger partial charge in [-0.15, -0.1) is 0 Å². The zero-order chi connectivity index (χ0) is 17.5. The molecule has 0 aromatic heterocycles. The Morgan fingerprint density at radius 1 is 0.920 bits per heavy atom. The van der Waals surface area contributed by atoms with Gasteiger partial charge in [0.2, 0.25) is 0 Å². The van der Waals surface area contributed by atoms with Gasteiger partial charge in [0, 0.05) is 10.6 Å². The molecule has 0 aliphatic rings. The van der Waals surface area contributed by atoms with Crippen molar-refractivity contribution in [2.45, 2.75) is 6.61 Å². The third-order valence-electron chi connectivity index (χ3n) is 3.73. The molecule has 0 spiro atoms. The van der Waals surface area contributed by atoms with Gasteiger partial charge in [-0.3, -0.25) is 0 Å². The summed E-state index contributed by atoms with van der Waals surface area (Å²) in [5.74, 6) is 0.737. The predicted molar refractivity (Wildman–Crippen MR) is 102 cm³/mol. The lowest BCUT2D eigenvalue weighted by Gasteiger charge is -2.10. The van der Waals surface area contributed by atoms with E-state index in [0.29, 0.717) is 17.2 Å². The standard InChI is InChI=1S/C22H16ClNO/c23-21-12-10-17(11-13-21)16-25-22-9-5-4-8-19(22)14-20(15-24)18-6-2-1-3-7-18/h1-14H,16H2/b20-14-. The van der Waals surface area contributed by atoms with Crippen molar-refractivity contribution in [1.29, 1.82) is 5.26 Å². The molecule has 0 N–H and O–H groups in total. The van der Waals surface area contributed by atoms with E-state index >= 15 is 0 Å². The van der Waals surface area contributed by atoms with Crippen molar-refractivity contribution in [3.8, 4) is 11.8 Å². The molecule has 2 nitrogen and oxygen atoms in total. The van der Waals surface area contributed by atoms with Crippen molar-refractivity contribution in [2.75, 3.05) is 0 Å². The van der Waals surface area contributed by atoms with Crippen LogP contribution in [0.4, 0.5) is 0 Å². The Hall–Kier alpha value is -3.02. The first-order chi connectivity index (χ1) is 12.3. The topological polar surface area (TPSA) is 33.0 Å². The SMILES string of the molecule is N#C/C(=C/c1ccccc1OCc1ccc(Cl)cc1)c1ccccc1. The van der Waals surface area contributed by atoms with Crippen LogP contribution in [0, 0.1) is 11.3 Å². The normalized spacial score (nSPS) is 11.0. The van der Waals surface area contributed by atoms with E-state index in [2.05, 4.69) is 6.07 Å². The number of allylic oxidation sites excluding steroid dienone is 1. The molecule has 0 bridgehead atoms. The van der Waals surface area contributed by atoms with Crippen molar-refractivity contribution in [1.82, 2.24) is 0 Å². The van der Waals surface area contributed by atoms with Crippen LogP contribution < -0.4 is 4.74 Å². The number of rotatable bonds is 5. The fourth-order valence-electron chi connectivity index (χ4n) is 2.43. The monoisotopic (exact) mass is 345 g/mol. The first kappa shape index (κ1) is 16.8. The minimum absolute atomic E-state index is 0.440. The lowest BCUT2D eigenvalue weighted by Crippen LogP contribution is -1.97. The number of nitriles is 1. The maximum absolute atomic E-state index is 9.49. The maximum atomic E-state index is 9.49. The number of benzene rings is 3. The van der Waals surface area contributed by atoms with Crippen molar-refractivity contribution < 1.29 is 4.74 Å². The third kappa shape index (κ3) is 4.50. The summed E-state index contributed by atoms with van der Waals surface area (Å²) in [4.78, 5) is 0. The molecule has 0 saturated carbocycles. The summed E-state index contributed by atoms with van der Waals surface area (Å²) in [6.45, 7) is 0.440. The third-order valence-corrected chi connectivity index (χ3v) is 3.98. The number of hydrogen-bond acceptors (Lipinski definition) is 2. The maximum Gasteiger partial charge on any atom is 0.127 e. The predicted octanol–water partition coefficient (Wildman–Crippen LogP) is 5.98. The highest BCUT2D eigenvalue weighted by molar-refractivity contribution is 6.30. The smallest absolute Gasteiger partial charge is 0.127 e. The first-order valence-electron chi connectivity index (χ1n) is 7.90. The van der Waals surface area contributed by atoms with Crippen molar-refractivity contribution >= 4 is 23.3 Å². The summed E-state index contributed by atoms with van der Waals surface area (Å²) in [5.41, 5.74) is 3.39. The van der Waals surface area contributed by atoms with Crippen molar-refractivity contribution in [3.05, 3.63) is 101 Å². The van der Waals surface area contributed by atoms with Gasteiger partial charge >= 0.3 is 0 Å². The molecule has 122 valence electrons. The number of nitrogens with zero attached hydrogens (tertiary/aromatic N) is 1. The summed E-state index contributed by atoms with van der Waals surface area (Å²) in [6.07, 6.45) is 1.85. The van der Waals surface area contributed by atoms with Crippen LogP contribution in [0.5, 0.6) is 5.75 Å². The molecule has 25 heavy (non-hydrogen) atoms. The van der Waals surface area contributed by atoms with E-state index in [-0.39, 0.29) is 0 Å². The van der Waals surface area contributed by atoms with Crippen LogP contribution in [0.15, 0.2) is 78.9 Å². The lowest BCUT2D eigenvalue weighted by atomic mass is 10.0. The van der Waals surface area contributed by atoms with Gasteiger partial charge < -0.3 is 4.74 Å². The number of hydrogen-bond donors (Lipinski definition) is 0. The fourth-order valence-corrected chi connectivity index (χ4v) is 2.55. The molecule has 3 heteroatoms. The molecule has 3 aromatic carbocycles. The van der Waals surface area contributed by atoms with Gasteiger partial charge in [0.15, 0.2) is 0 Å². The van der Waals surface area contributed by atoms with Gasteiger partial charge in [-0.25, -0.2) is 0 Å². The van der Waals surface area contributed by atoms with E-state index in [1.54, 1.807) is 0 Å². The van der Waals surface area contributed by atoms with Crippen LogP contribution in [0.1, 0.15) is 16.7 Å². The highest BCUT2D eigenvalue weighted by Crippen LogP contribution is 2.25. The second kappa shape index (κ2) is 8.19. The Balaban J connectivity index is 1.84.